The molecule has 1 aliphatic heterocycles. The average Bonchev–Trinajstić information content (AvgIpc) is 2.52. The van der Waals surface area contributed by atoms with Crippen LogP contribution in [0.5, 0.6) is 0 Å². The number of carbonyl (C=O) groups is 1. The number of hydrogen-bond acceptors (Lipinski definition) is 4. The van der Waals surface area contributed by atoms with Crippen LogP contribution in [0.1, 0.15) is 26.2 Å². The van der Waals surface area contributed by atoms with E-state index in [-0.39, 0.29) is 22.4 Å². The third kappa shape index (κ3) is 4.08. The smallest absolute Gasteiger partial charge is 0.293 e. The van der Waals surface area contributed by atoms with Gasteiger partial charge in [0.15, 0.2) is 0 Å². The van der Waals surface area contributed by atoms with Crippen molar-refractivity contribution in [1.29, 1.82) is 0 Å². The molecule has 1 aromatic rings. The Balaban J connectivity index is 2.16. The van der Waals surface area contributed by atoms with Crippen LogP contribution in [-0.2, 0) is 4.79 Å². The molecular formula is C15H20IN3O3. The lowest BCUT2D eigenvalue weighted by atomic mass is 9.96. The summed E-state index contributed by atoms with van der Waals surface area (Å²) in [6.45, 7) is 3.98. The van der Waals surface area contributed by atoms with Gasteiger partial charge in [0.2, 0.25) is 5.91 Å². The van der Waals surface area contributed by atoms with Crippen molar-refractivity contribution in [1.82, 2.24) is 5.32 Å². The van der Waals surface area contributed by atoms with Crippen molar-refractivity contribution in [3.05, 3.63) is 31.9 Å². The molecular weight excluding hydrogens is 397 g/mol. The highest BCUT2D eigenvalue weighted by Gasteiger charge is 2.29. The van der Waals surface area contributed by atoms with Gasteiger partial charge < -0.3 is 10.2 Å². The molecule has 0 spiro atoms. The number of hydrogen-bond donors (Lipinski definition) is 1. The third-order valence-electron chi connectivity index (χ3n) is 3.82. The van der Waals surface area contributed by atoms with Gasteiger partial charge in [-0.3, -0.25) is 14.9 Å². The van der Waals surface area contributed by atoms with E-state index < -0.39 is 0 Å². The number of nitrogens with zero attached hydrogens (tertiary/aromatic N) is 2. The summed E-state index contributed by atoms with van der Waals surface area (Å²) in [5, 5.41) is 14.2. The molecule has 2 rings (SSSR count). The Hall–Kier alpha value is -1.38. The molecule has 1 fully saturated rings. The summed E-state index contributed by atoms with van der Waals surface area (Å²) in [5.74, 6) is -0.0427. The molecule has 1 atom stereocenters. The molecule has 120 valence electrons. The lowest BCUT2D eigenvalue weighted by molar-refractivity contribution is -0.384. The maximum Gasteiger partial charge on any atom is 0.293 e. The van der Waals surface area contributed by atoms with E-state index in [9.17, 15) is 14.9 Å². The molecule has 1 heterocycles. The first-order valence-electron chi connectivity index (χ1n) is 7.49. The van der Waals surface area contributed by atoms with Crippen LogP contribution in [0.25, 0.3) is 0 Å². The minimum atomic E-state index is -0.349. The largest absolute Gasteiger partial charge is 0.365 e. The normalized spacial score (nSPS) is 18.1. The second-order valence-electron chi connectivity index (χ2n) is 5.47. The molecule has 1 unspecified atom stereocenters. The third-order valence-corrected chi connectivity index (χ3v) is 4.49. The van der Waals surface area contributed by atoms with E-state index in [1.165, 1.54) is 0 Å². The van der Waals surface area contributed by atoms with E-state index in [2.05, 4.69) is 27.9 Å². The van der Waals surface area contributed by atoms with Gasteiger partial charge in [0.25, 0.3) is 5.69 Å². The Bertz CT molecular complexity index is 565. The number of carbonyl (C=O) groups excluding carboxylic acids is 1. The van der Waals surface area contributed by atoms with Crippen LogP contribution in [0.4, 0.5) is 11.4 Å². The summed E-state index contributed by atoms with van der Waals surface area (Å²) < 4.78 is 0.835. The number of amides is 1. The number of nitro benzene ring substituents is 1. The van der Waals surface area contributed by atoms with Crippen molar-refractivity contribution < 1.29 is 9.72 Å². The zero-order valence-corrected chi connectivity index (χ0v) is 14.7. The predicted octanol–water partition coefficient (Wildman–Crippen LogP) is 2.94. The topological polar surface area (TPSA) is 75.5 Å². The van der Waals surface area contributed by atoms with Crippen LogP contribution in [0.15, 0.2) is 18.2 Å². The molecule has 0 bridgehead atoms. The minimum Gasteiger partial charge on any atom is -0.365 e. The molecule has 6 nitrogen and oxygen atoms in total. The molecule has 0 radical (unpaired) electrons. The number of piperidine rings is 1. The molecule has 7 heteroatoms. The molecule has 1 saturated heterocycles. The summed E-state index contributed by atoms with van der Waals surface area (Å²) in [6.07, 6.45) is 2.61. The first-order valence-corrected chi connectivity index (χ1v) is 8.57. The fourth-order valence-corrected chi connectivity index (χ4v) is 3.19. The highest BCUT2D eigenvalue weighted by Crippen LogP contribution is 2.32. The van der Waals surface area contributed by atoms with Gasteiger partial charge in [-0.1, -0.05) is 6.92 Å². The zero-order chi connectivity index (χ0) is 16.1. The summed E-state index contributed by atoms with van der Waals surface area (Å²) in [4.78, 5) is 25.0. The molecule has 1 amide bonds. The van der Waals surface area contributed by atoms with E-state index in [0.29, 0.717) is 18.8 Å². The zero-order valence-electron chi connectivity index (χ0n) is 12.5. The molecule has 1 aromatic carbocycles. The van der Waals surface area contributed by atoms with Crippen LogP contribution < -0.4 is 10.2 Å². The van der Waals surface area contributed by atoms with Gasteiger partial charge in [0, 0.05) is 29.3 Å². The van der Waals surface area contributed by atoms with Crippen LogP contribution >= 0.6 is 22.6 Å². The van der Waals surface area contributed by atoms with Crippen molar-refractivity contribution in [2.24, 2.45) is 5.92 Å². The highest BCUT2D eigenvalue weighted by molar-refractivity contribution is 14.1. The van der Waals surface area contributed by atoms with Crippen LogP contribution in [-0.4, -0.2) is 30.5 Å². The standard InChI is InChI=1S/C15H20IN3O3/c1-2-7-17-15(20)11-4-3-8-18(10-11)13-6-5-12(16)9-14(13)19(21)22/h5-6,9,11H,2-4,7-8,10H2,1H3,(H,17,20). The van der Waals surface area contributed by atoms with Gasteiger partial charge >= 0.3 is 0 Å². The second kappa shape index (κ2) is 7.75. The first-order chi connectivity index (χ1) is 10.5. The summed E-state index contributed by atoms with van der Waals surface area (Å²) >= 11 is 2.07. The number of rotatable bonds is 5. The van der Waals surface area contributed by atoms with Gasteiger partial charge in [-0.15, -0.1) is 0 Å². The van der Waals surface area contributed by atoms with E-state index in [1.54, 1.807) is 12.1 Å². The van der Waals surface area contributed by atoms with Crippen LogP contribution in [0, 0.1) is 19.6 Å². The number of halogens is 1. The first kappa shape index (κ1) is 17.0. The summed E-state index contributed by atoms with van der Waals surface area (Å²) in [6, 6.07) is 5.23. The van der Waals surface area contributed by atoms with Crippen LogP contribution in [0.3, 0.4) is 0 Å². The molecule has 1 aliphatic rings. The molecule has 0 saturated carbocycles. The Morgan fingerprint density at radius 1 is 1.55 bits per heavy atom. The molecule has 0 aromatic heterocycles. The Labute approximate surface area is 143 Å². The molecule has 0 aliphatic carbocycles. The number of benzene rings is 1. The minimum absolute atomic E-state index is 0.0553. The van der Waals surface area contributed by atoms with Gasteiger partial charge in [0.05, 0.1) is 10.8 Å². The Morgan fingerprint density at radius 2 is 2.32 bits per heavy atom. The average molecular weight is 417 g/mol. The van der Waals surface area contributed by atoms with Crippen molar-refractivity contribution in [3.8, 4) is 0 Å². The van der Waals surface area contributed by atoms with E-state index in [1.807, 2.05) is 17.9 Å². The highest BCUT2D eigenvalue weighted by atomic mass is 127. The van der Waals surface area contributed by atoms with Gasteiger partial charge in [0.1, 0.15) is 5.69 Å². The van der Waals surface area contributed by atoms with Crippen molar-refractivity contribution >= 4 is 39.9 Å². The van der Waals surface area contributed by atoms with E-state index in [4.69, 9.17) is 0 Å². The van der Waals surface area contributed by atoms with Crippen molar-refractivity contribution in [2.45, 2.75) is 26.2 Å². The molecule has 22 heavy (non-hydrogen) atoms. The van der Waals surface area contributed by atoms with Gasteiger partial charge in [-0.25, -0.2) is 0 Å². The molecule has 1 N–H and O–H groups in total. The van der Waals surface area contributed by atoms with Crippen molar-refractivity contribution in [2.75, 3.05) is 24.5 Å². The number of nitro groups is 1. The number of nitrogens with one attached hydrogen (secondary N) is 1. The lowest BCUT2D eigenvalue weighted by Gasteiger charge is -2.33. The second-order valence-corrected chi connectivity index (χ2v) is 6.71. The van der Waals surface area contributed by atoms with Gasteiger partial charge in [-0.05, 0) is 54.0 Å². The van der Waals surface area contributed by atoms with Crippen LogP contribution in [0.2, 0.25) is 0 Å². The Morgan fingerprint density at radius 3 is 3.00 bits per heavy atom. The quantitative estimate of drug-likeness (QED) is 0.454. The predicted molar refractivity (Wildman–Crippen MR) is 94.1 cm³/mol. The SMILES string of the molecule is CCCNC(=O)C1CCCN(c2ccc(I)cc2[N+](=O)[O-])C1. The van der Waals surface area contributed by atoms with E-state index in [0.717, 1.165) is 29.4 Å². The Kier molecular flexibility index (Phi) is 5.98. The maximum atomic E-state index is 12.1. The monoisotopic (exact) mass is 417 g/mol. The van der Waals surface area contributed by atoms with Crippen molar-refractivity contribution in [3.63, 3.8) is 0 Å². The summed E-state index contributed by atoms with van der Waals surface area (Å²) in [5.41, 5.74) is 0.722. The maximum absolute atomic E-state index is 12.1. The fraction of sp³-hybridized carbons (Fsp3) is 0.533. The number of anilines is 1. The van der Waals surface area contributed by atoms with Gasteiger partial charge in [-0.2, -0.15) is 0 Å². The fourth-order valence-electron chi connectivity index (χ4n) is 2.71. The summed E-state index contributed by atoms with van der Waals surface area (Å²) in [7, 11) is 0. The lowest BCUT2D eigenvalue weighted by Crippen LogP contribution is -2.43. The van der Waals surface area contributed by atoms with E-state index >= 15 is 0 Å².